The van der Waals surface area contributed by atoms with Gasteiger partial charge >= 0.3 is 5.97 Å². The third kappa shape index (κ3) is 4.05. The van der Waals surface area contributed by atoms with Crippen LogP contribution in [0.1, 0.15) is 86.7 Å². The Kier molecular flexibility index (Phi) is 5.65. The van der Waals surface area contributed by atoms with Crippen LogP contribution >= 0.6 is 0 Å². The van der Waals surface area contributed by atoms with Crippen LogP contribution in [0.25, 0.3) is 0 Å². The molecule has 0 aromatic heterocycles. The van der Waals surface area contributed by atoms with Crippen molar-refractivity contribution in [3.8, 4) is 18.1 Å². The molecule has 1 heterocycles. The zero-order chi connectivity index (χ0) is 19.6. The van der Waals surface area contributed by atoms with E-state index in [0.717, 1.165) is 61.8 Å². The van der Waals surface area contributed by atoms with Gasteiger partial charge in [0.2, 0.25) is 0 Å². The number of ether oxygens (including phenoxy) is 1. The average Bonchev–Trinajstić information content (AvgIpc) is 2.60. The Morgan fingerprint density at radius 3 is 2.81 bits per heavy atom. The smallest absolute Gasteiger partial charge is 0.335 e. The van der Waals surface area contributed by atoms with Gasteiger partial charge in [0.25, 0.3) is 0 Å². The fraction of sp³-hybridized carbons (Fsp3) is 0.542. The molecule has 0 bridgehead atoms. The zero-order valence-corrected chi connectivity index (χ0v) is 16.7. The van der Waals surface area contributed by atoms with Crippen molar-refractivity contribution in [1.29, 1.82) is 0 Å². The quantitative estimate of drug-likeness (QED) is 0.397. The summed E-state index contributed by atoms with van der Waals surface area (Å²) >= 11 is 0. The number of carboxylic acids is 1. The Hall–Kier alpha value is -2.21. The summed E-state index contributed by atoms with van der Waals surface area (Å²) in [6.45, 7) is 6.49. The van der Waals surface area contributed by atoms with Crippen molar-refractivity contribution >= 4 is 5.97 Å². The lowest BCUT2D eigenvalue weighted by Crippen LogP contribution is -2.45. The van der Waals surface area contributed by atoms with Crippen molar-refractivity contribution in [3.05, 3.63) is 40.5 Å². The Labute approximate surface area is 162 Å². The Morgan fingerprint density at radius 2 is 2.11 bits per heavy atom. The highest BCUT2D eigenvalue weighted by Crippen LogP contribution is 2.51. The van der Waals surface area contributed by atoms with Crippen molar-refractivity contribution in [2.45, 2.75) is 77.2 Å². The molecular weight excluding hydrogens is 336 g/mol. The van der Waals surface area contributed by atoms with Crippen LogP contribution in [-0.2, 0) is 6.42 Å². The summed E-state index contributed by atoms with van der Waals surface area (Å²) in [7, 11) is 0. The molecule has 1 aliphatic heterocycles. The molecule has 0 radical (unpaired) electrons. The van der Waals surface area contributed by atoms with Gasteiger partial charge in [-0.1, -0.05) is 18.1 Å². The molecule has 27 heavy (non-hydrogen) atoms. The highest BCUT2D eigenvalue weighted by Gasteiger charge is 2.44. The minimum Gasteiger partial charge on any atom is -0.487 e. The number of unbranched alkanes of at least 4 members (excludes halogenated alkanes) is 3. The molecule has 1 aromatic carbocycles. The van der Waals surface area contributed by atoms with Crippen LogP contribution < -0.4 is 4.74 Å². The fourth-order valence-electron chi connectivity index (χ4n) is 4.63. The minimum absolute atomic E-state index is 0.236. The van der Waals surface area contributed by atoms with Gasteiger partial charge in [-0.3, -0.25) is 0 Å². The molecule has 3 nitrogen and oxygen atoms in total. The lowest BCUT2D eigenvalue weighted by atomic mass is 9.68. The number of rotatable bonds is 6. The van der Waals surface area contributed by atoms with E-state index >= 15 is 0 Å². The molecule has 0 saturated heterocycles. The van der Waals surface area contributed by atoms with Crippen molar-refractivity contribution in [3.63, 3.8) is 0 Å². The minimum atomic E-state index is -0.852. The molecule has 1 aliphatic carbocycles. The van der Waals surface area contributed by atoms with E-state index in [4.69, 9.17) is 11.2 Å². The van der Waals surface area contributed by atoms with Crippen LogP contribution in [0.5, 0.6) is 5.75 Å². The number of benzene rings is 1. The van der Waals surface area contributed by atoms with Crippen molar-refractivity contribution in [2.24, 2.45) is 5.92 Å². The summed E-state index contributed by atoms with van der Waals surface area (Å²) < 4.78 is 6.40. The van der Waals surface area contributed by atoms with Gasteiger partial charge < -0.3 is 9.84 Å². The van der Waals surface area contributed by atoms with Gasteiger partial charge in [0.15, 0.2) is 0 Å². The topological polar surface area (TPSA) is 46.5 Å². The highest BCUT2D eigenvalue weighted by atomic mass is 16.5. The lowest BCUT2D eigenvalue weighted by Gasteiger charge is -2.46. The summed E-state index contributed by atoms with van der Waals surface area (Å²) in [5.41, 5.74) is 3.46. The number of allylic oxidation sites excluding steroid dienone is 2. The van der Waals surface area contributed by atoms with Gasteiger partial charge in [0, 0.05) is 23.8 Å². The Bertz CT molecular complexity index is 795. The molecule has 2 unspecified atom stereocenters. The molecule has 3 heteroatoms. The van der Waals surface area contributed by atoms with E-state index in [0.29, 0.717) is 11.5 Å². The number of carbonyl (C=O) groups is 1. The molecule has 2 atom stereocenters. The van der Waals surface area contributed by atoms with Gasteiger partial charge in [-0.2, -0.15) is 0 Å². The molecular formula is C24H30O3. The summed E-state index contributed by atoms with van der Waals surface area (Å²) in [5, 5.41) is 9.78. The summed E-state index contributed by atoms with van der Waals surface area (Å²) in [6, 6.07) is 3.85. The van der Waals surface area contributed by atoms with Crippen LogP contribution in [0.15, 0.2) is 23.8 Å². The van der Waals surface area contributed by atoms with Gasteiger partial charge in [-0.15, -0.1) is 12.3 Å². The number of carboxylic acid groups (broad SMARTS) is 1. The predicted molar refractivity (Wildman–Crippen MR) is 108 cm³/mol. The third-order valence-electron chi connectivity index (χ3n) is 6.11. The van der Waals surface area contributed by atoms with Gasteiger partial charge in [-0.25, -0.2) is 4.79 Å². The second kappa shape index (κ2) is 7.80. The molecule has 3 rings (SSSR count). The van der Waals surface area contributed by atoms with E-state index in [1.54, 1.807) is 0 Å². The standard InChI is InChI=1S/C24H30O3/c1-5-6-7-8-9-10-17-14-22-20(15-18(17)23(25)26)19-13-16(2)11-12-21(19)24(3,4)27-22/h1,13-15,19,21H,6-12H2,2-4H3,(H,25,26). The van der Waals surface area contributed by atoms with E-state index in [9.17, 15) is 9.90 Å². The maximum absolute atomic E-state index is 11.9. The molecule has 0 fully saturated rings. The second-order valence-corrected chi connectivity index (χ2v) is 8.51. The second-order valence-electron chi connectivity index (χ2n) is 8.51. The van der Waals surface area contributed by atoms with Crippen LogP contribution in [0.3, 0.4) is 0 Å². The monoisotopic (exact) mass is 366 g/mol. The van der Waals surface area contributed by atoms with Crippen LogP contribution in [-0.4, -0.2) is 16.7 Å². The van der Waals surface area contributed by atoms with E-state index in [1.807, 2.05) is 12.1 Å². The van der Waals surface area contributed by atoms with Crippen molar-refractivity contribution in [2.75, 3.05) is 0 Å². The number of fused-ring (bicyclic) bond motifs is 3. The van der Waals surface area contributed by atoms with E-state index in [1.165, 1.54) is 5.57 Å². The molecule has 1 N–H and O–H groups in total. The van der Waals surface area contributed by atoms with E-state index < -0.39 is 5.97 Å². The van der Waals surface area contributed by atoms with Crippen LogP contribution in [0.2, 0.25) is 0 Å². The number of hydrogen-bond donors (Lipinski definition) is 1. The van der Waals surface area contributed by atoms with E-state index in [-0.39, 0.29) is 11.5 Å². The molecule has 0 saturated carbocycles. The summed E-state index contributed by atoms with van der Waals surface area (Å²) in [4.78, 5) is 11.9. The first-order chi connectivity index (χ1) is 12.8. The van der Waals surface area contributed by atoms with Gasteiger partial charge in [0.1, 0.15) is 11.4 Å². The third-order valence-corrected chi connectivity index (χ3v) is 6.11. The Balaban J connectivity index is 1.95. The number of aryl methyl sites for hydroxylation is 1. The van der Waals surface area contributed by atoms with Gasteiger partial charge in [-0.05, 0) is 70.6 Å². The predicted octanol–water partition coefficient (Wildman–Crippen LogP) is 5.73. The first-order valence-corrected chi connectivity index (χ1v) is 10.0. The first-order valence-electron chi connectivity index (χ1n) is 10.0. The van der Waals surface area contributed by atoms with E-state index in [2.05, 4.69) is 32.8 Å². The largest absolute Gasteiger partial charge is 0.487 e. The molecule has 2 aliphatic rings. The molecule has 144 valence electrons. The number of terminal acetylenes is 1. The number of hydrogen-bond acceptors (Lipinski definition) is 2. The lowest BCUT2D eigenvalue weighted by molar-refractivity contribution is 0.0115. The van der Waals surface area contributed by atoms with Gasteiger partial charge in [0.05, 0.1) is 5.56 Å². The maximum atomic E-state index is 11.9. The molecule has 1 aromatic rings. The zero-order valence-electron chi connectivity index (χ0n) is 16.7. The SMILES string of the molecule is C#CCCCCCc1cc2c(cc1C(=O)O)C1C=C(C)CCC1C(C)(C)O2. The Morgan fingerprint density at radius 1 is 1.33 bits per heavy atom. The van der Waals surface area contributed by atoms with Crippen LogP contribution in [0.4, 0.5) is 0 Å². The first kappa shape index (κ1) is 19.5. The molecule has 0 amide bonds. The average molecular weight is 367 g/mol. The summed E-state index contributed by atoms with van der Waals surface area (Å²) in [5.74, 6) is 3.28. The molecule has 0 spiro atoms. The highest BCUT2D eigenvalue weighted by molar-refractivity contribution is 5.90. The normalized spacial score (nSPS) is 22.7. The van der Waals surface area contributed by atoms with Crippen LogP contribution in [0, 0.1) is 18.3 Å². The summed E-state index contributed by atoms with van der Waals surface area (Å²) in [6.07, 6.45) is 14.3. The maximum Gasteiger partial charge on any atom is 0.335 e. The number of aromatic carboxylic acids is 1. The van der Waals surface area contributed by atoms with Crippen molar-refractivity contribution < 1.29 is 14.6 Å². The van der Waals surface area contributed by atoms with Crippen molar-refractivity contribution in [1.82, 2.24) is 0 Å². The fourth-order valence-corrected chi connectivity index (χ4v) is 4.63.